The zero-order chi connectivity index (χ0) is 16.0. The van der Waals surface area contributed by atoms with Gasteiger partial charge in [-0.1, -0.05) is 6.07 Å². The maximum Gasteiger partial charge on any atom is 0.329 e. The lowest BCUT2D eigenvalue weighted by Crippen LogP contribution is -2.22. The van der Waals surface area contributed by atoms with E-state index >= 15 is 0 Å². The molecule has 1 unspecified atom stereocenters. The molecule has 0 spiro atoms. The van der Waals surface area contributed by atoms with Crippen molar-refractivity contribution in [2.45, 2.75) is 12.8 Å². The van der Waals surface area contributed by atoms with Crippen LogP contribution in [-0.2, 0) is 20.8 Å². The number of benzene rings is 1. The van der Waals surface area contributed by atoms with Crippen LogP contribution in [0.5, 0.6) is 11.5 Å². The highest BCUT2D eigenvalue weighted by atomic mass is 16.4. The minimum Gasteiger partial charge on any atom is -0.508 e. The topological polar surface area (TPSA) is 144 Å². The first kappa shape index (κ1) is 16.4. The second kappa shape index (κ2) is 7.25. The fourth-order valence-corrected chi connectivity index (χ4v) is 1.76. The SMILES string of the molecule is O=C(O)CO.O=C1CC(Cc2ccc(O)cc2O)C(=O)N1. The van der Waals surface area contributed by atoms with Gasteiger partial charge in [-0.3, -0.25) is 14.9 Å². The van der Waals surface area contributed by atoms with Gasteiger partial charge in [-0.15, -0.1) is 0 Å². The molecule has 8 nitrogen and oxygen atoms in total. The molecule has 0 bridgehead atoms. The number of carbonyl (C=O) groups excluding carboxylic acids is 2. The number of carboxylic acid groups (broad SMARTS) is 1. The number of nitrogens with one attached hydrogen (secondary N) is 1. The first-order chi connectivity index (χ1) is 9.83. The monoisotopic (exact) mass is 297 g/mol. The summed E-state index contributed by atoms with van der Waals surface area (Å²) in [6, 6.07) is 4.19. The molecule has 21 heavy (non-hydrogen) atoms. The Morgan fingerprint density at radius 1 is 1.29 bits per heavy atom. The average molecular weight is 297 g/mol. The summed E-state index contributed by atoms with van der Waals surface area (Å²) in [5.74, 6) is -2.31. The number of carbonyl (C=O) groups is 3. The van der Waals surface area contributed by atoms with Crippen LogP contribution in [0.1, 0.15) is 12.0 Å². The third-order valence-electron chi connectivity index (χ3n) is 2.74. The Morgan fingerprint density at radius 2 is 1.90 bits per heavy atom. The van der Waals surface area contributed by atoms with Gasteiger partial charge in [0.25, 0.3) is 0 Å². The minimum absolute atomic E-state index is 0.0341. The molecule has 1 aliphatic rings. The van der Waals surface area contributed by atoms with Gasteiger partial charge >= 0.3 is 5.97 Å². The first-order valence-electron chi connectivity index (χ1n) is 6.00. The molecule has 1 aromatic rings. The third kappa shape index (κ3) is 5.11. The number of amides is 2. The molecule has 5 N–H and O–H groups in total. The smallest absolute Gasteiger partial charge is 0.329 e. The lowest BCUT2D eigenvalue weighted by Gasteiger charge is -2.08. The molecule has 8 heteroatoms. The Kier molecular flexibility index (Phi) is 5.67. The van der Waals surface area contributed by atoms with Crippen molar-refractivity contribution in [3.05, 3.63) is 23.8 Å². The van der Waals surface area contributed by atoms with Crippen molar-refractivity contribution >= 4 is 17.8 Å². The van der Waals surface area contributed by atoms with Crippen molar-refractivity contribution in [1.82, 2.24) is 5.32 Å². The molecule has 0 aliphatic carbocycles. The van der Waals surface area contributed by atoms with Crippen LogP contribution in [0.3, 0.4) is 0 Å². The van der Waals surface area contributed by atoms with Crippen molar-refractivity contribution < 1.29 is 34.8 Å². The number of phenolic OH excluding ortho intramolecular Hbond substituents is 2. The molecule has 2 amide bonds. The van der Waals surface area contributed by atoms with Crippen molar-refractivity contribution in [3.63, 3.8) is 0 Å². The van der Waals surface area contributed by atoms with E-state index in [0.717, 1.165) is 0 Å². The summed E-state index contributed by atoms with van der Waals surface area (Å²) in [7, 11) is 0. The highest BCUT2D eigenvalue weighted by Gasteiger charge is 2.30. The van der Waals surface area contributed by atoms with E-state index in [1.54, 1.807) is 6.07 Å². The second-order valence-electron chi connectivity index (χ2n) is 4.38. The third-order valence-corrected chi connectivity index (χ3v) is 2.74. The van der Waals surface area contributed by atoms with Crippen molar-refractivity contribution in [2.24, 2.45) is 5.92 Å². The van der Waals surface area contributed by atoms with Crippen LogP contribution < -0.4 is 5.32 Å². The van der Waals surface area contributed by atoms with Crippen LogP contribution in [0.25, 0.3) is 0 Å². The molecule has 0 saturated carbocycles. The van der Waals surface area contributed by atoms with Gasteiger partial charge in [-0.25, -0.2) is 4.79 Å². The van der Waals surface area contributed by atoms with Gasteiger partial charge < -0.3 is 20.4 Å². The van der Waals surface area contributed by atoms with E-state index in [1.807, 2.05) is 0 Å². The first-order valence-corrected chi connectivity index (χ1v) is 6.00. The number of aromatic hydroxyl groups is 2. The fourth-order valence-electron chi connectivity index (χ4n) is 1.76. The molecule has 0 radical (unpaired) electrons. The number of hydrogen-bond donors (Lipinski definition) is 5. The summed E-state index contributed by atoms with van der Waals surface area (Å²) in [6.45, 7) is -0.778. The van der Waals surface area contributed by atoms with E-state index in [4.69, 9.17) is 20.1 Å². The predicted molar refractivity (Wildman–Crippen MR) is 69.5 cm³/mol. The van der Waals surface area contributed by atoms with Gasteiger partial charge in [-0.05, 0) is 18.1 Å². The highest BCUT2D eigenvalue weighted by Crippen LogP contribution is 2.27. The van der Waals surface area contributed by atoms with Crippen molar-refractivity contribution in [1.29, 1.82) is 0 Å². The number of aliphatic carboxylic acids is 1. The highest BCUT2D eigenvalue weighted by molar-refractivity contribution is 6.03. The van der Waals surface area contributed by atoms with Gasteiger partial charge in [0.15, 0.2) is 0 Å². The lowest BCUT2D eigenvalue weighted by molar-refractivity contribution is -0.140. The van der Waals surface area contributed by atoms with Gasteiger partial charge in [-0.2, -0.15) is 0 Å². The summed E-state index contributed by atoms with van der Waals surface area (Å²) in [6.07, 6.45) is 0.447. The average Bonchev–Trinajstić information content (AvgIpc) is 2.72. The normalized spacial score (nSPS) is 16.9. The predicted octanol–water partition coefficient (Wildman–Crippen LogP) is -0.634. The number of aliphatic hydroxyl groups excluding tert-OH is 1. The van der Waals surface area contributed by atoms with Gasteiger partial charge in [0.1, 0.15) is 18.1 Å². The van der Waals surface area contributed by atoms with Crippen LogP contribution in [0, 0.1) is 5.92 Å². The Bertz CT molecular complexity index is 555. The van der Waals surface area contributed by atoms with E-state index in [0.29, 0.717) is 12.0 Å². The number of aliphatic hydroxyl groups is 1. The quantitative estimate of drug-likeness (QED) is 0.467. The molecule has 1 fully saturated rings. The summed E-state index contributed by atoms with van der Waals surface area (Å²) in [4.78, 5) is 31.4. The van der Waals surface area contributed by atoms with Crippen LogP contribution in [0.4, 0.5) is 0 Å². The van der Waals surface area contributed by atoms with E-state index in [1.165, 1.54) is 12.1 Å². The Hall–Kier alpha value is -2.61. The molecule has 1 atom stereocenters. The lowest BCUT2D eigenvalue weighted by atomic mass is 9.97. The minimum atomic E-state index is -1.19. The molecule has 114 valence electrons. The largest absolute Gasteiger partial charge is 0.508 e. The summed E-state index contributed by atoms with van der Waals surface area (Å²) >= 11 is 0. The van der Waals surface area contributed by atoms with E-state index in [2.05, 4.69) is 5.32 Å². The maximum atomic E-state index is 11.3. The van der Waals surface area contributed by atoms with Crippen LogP contribution in [-0.4, -0.2) is 44.8 Å². The number of phenols is 2. The maximum absolute atomic E-state index is 11.3. The number of imide groups is 1. The van der Waals surface area contributed by atoms with Crippen LogP contribution >= 0.6 is 0 Å². The number of carboxylic acids is 1. The van der Waals surface area contributed by atoms with E-state index in [-0.39, 0.29) is 29.7 Å². The molecular formula is C13H15NO7. The Morgan fingerprint density at radius 3 is 2.33 bits per heavy atom. The van der Waals surface area contributed by atoms with Gasteiger partial charge in [0.2, 0.25) is 11.8 Å². The molecule has 1 heterocycles. The summed E-state index contributed by atoms with van der Waals surface area (Å²) in [5.41, 5.74) is 0.549. The van der Waals surface area contributed by atoms with Crippen LogP contribution in [0.15, 0.2) is 18.2 Å². The molecule has 2 rings (SSSR count). The zero-order valence-corrected chi connectivity index (χ0v) is 10.9. The number of hydrogen-bond acceptors (Lipinski definition) is 6. The molecule has 1 aliphatic heterocycles. The number of rotatable bonds is 3. The summed E-state index contributed by atoms with van der Waals surface area (Å²) < 4.78 is 0. The van der Waals surface area contributed by atoms with Gasteiger partial charge in [0.05, 0.1) is 5.92 Å². The summed E-state index contributed by atoms with van der Waals surface area (Å²) in [5, 5.41) is 35.9. The second-order valence-corrected chi connectivity index (χ2v) is 4.38. The molecule has 1 saturated heterocycles. The standard InChI is InChI=1S/C11H11NO4.C2H4O3/c13-8-2-1-6(9(14)5-8)3-7-4-10(15)12-11(7)16;3-1-2(4)5/h1-2,5,7,13-14H,3-4H2,(H,12,15,16);3H,1H2,(H,4,5). The molecule has 0 aromatic heterocycles. The Balaban J connectivity index is 0.000000383. The molecule has 1 aromatic carbocycles. The van der Waals surface area contributed by atoms with Gasteiger partial charge in [0, 0.05) is 12.5 Å². The Labute approximate surface area is 119 Å². The van der Waals surface area contributed by atoms with E-state index < -0.39 is 18.5 Å². The molecular weight excluding hydrogens is 282 g/mol. The fraction of sp³-hybridized carbons (Fsp3) is 0.308. The van der Waals surface area contributed by atoms with Crippen molar-refractivity contribution in [3.8, 4) is 11.5 Å². The zero-order valence-electron chi connectivity index (χ0n) is 10.9. The van der Waals surface area contributed by atoms with Crippen molar-refractivity contribution in [2.75, 3.05) is 6.61 Å². The van der Waals surface area contributed by atoms with Crippen LogP contribution in [0.2, 0.25) is 0 Å². The van der Waals surface area contributed by atoms with E-state index in [9.17, 15) is 14.7 Å².